The fraction of sp³-hybridized carbons (Fsp3) is 0.714. The van der Waals surface area contributed by atoms with Gasteiger partial charge in [0, 0.05) is 31.0 Å². The van der Waals surface area contributed by atoms with E-state index < -0.39 is 0 Å². The van der Waals surface area contributed by atoms with E-state index in [1.165, 1.54) is 12.8 Å². The number of fused-ring (bicyclic) bond motifs is 1. The third kappa shape index (κ3) is 4.20. The van der Waals surface area contributed by atoms with Crippen molar-refractivity contribution >= 4 is 11.7 Å². The Hall–Kier alpha value is -1.62. The lowest BCUT2D eigenvalue weighted by atomic mass is 9.75. The molecule has 0 bridgehead atoms. The number of hydrogen-bond donors (Lipinski definition) is 1. The zero-order chi connectivity index (χ0) is 18.9. The van der Waals surface area contributed by atoms with Crippen LogP contribution in [0.4, 0.5) is 0 Å². The molecule has 0 spiro atoms. The number of Topliss-reactive ketones (excluding diaryl/α,β-unsaturated/α-hetero) is 1. The molecule has 5 nitrogen and oxygen atoms in total. The zero-order valence-corrected chi connectivity index (χ0v) is 16.6. The van der Waals surface area contributed by atoms with Gasteiger partial charge in [0.2, 0.25) is 5.91 Å². The van der Waals surface area contributed by atoms with E-state index in [-0.39, 0.29) is 29.6 Å². The second-order valence-corrected chi connectivity index (χ2v) is 8.73. The topological polar surface area (TPSA) is 62.6 Å². The summed E-state index contributed by atoms with van der Waals surface area (Å²) in [5.74, 6) is 1.57. The largest absolute Gasteiger partial charge is 0.465 e. The molecule has 2 aliphatic rings. The highest BCUT2D eigenvalue weighted by Crippen LogP contribution is 2.38. The smallest absolute Gasteiger partial charge is 0.224 e. The van der Waals surface area contributed by atoms with Gasteiger partial charge < -0.3 is 14.6 Å². The van der Waals surface area contributed by atoms with Crippen LogP contribution in [-0.4, -0.2) is 42.3 Å². The van der Waals surface area contributed by atoms with E-state index in [1.54, 1.807) is 0 Å². The van der Waals surface area contributed by atoms with Crippen LogP contribution in [0.2, 0.25) is 0 Å². The van der Waals surface area contributed by atoms with Crippen LogP contribution in [0.3, 0.4) is 0 Å². The first kappa shape index (κ1) is 19.2. The summed E-state index contributed by atoms with van der Waals surface area (Å²) in [6.45, 7) is 11.3. The highest BCUT2D eigenvalue weighted by atomic mass is 16.3. The van der Waals surface area contributed by atoms with Crippen molar-refractivity contribution in [2.24, 2.45) is 5.41 Å². The molecule has 144 valence electrons. The molecule has 1 unspecified atom stereocenters. The van der Waals surface area contributed by atoms with Crippen LogP contribution in [0, 0.1) is 12.3 Å². The van der Waals surface area contributed by atoms with Crippen LogP contribution in [0.5, 0.6) is 0 Å². The van der Waals surface area contributed by atoms with Gasteiger partial charge in [-0.2, -0.15) is 0 Å². The van der Waals surface area contributed by atoms with Crippen molar-refractivity contribution in [3.8, 4) is 0 Å². The fourth-order valence-electron chi connectivity index (χ4n) is 4.32. The van der Waals surface area contributed by atoms with Gasteiger partial charge in [-0.05, 0) is 44.7 Å². The molecule has 1 N–H and O–H groups in total. The van der Waals surface area contributed by atoms with Crippen molar-refractivity contribution in [1.29, 1.82) is 0 Å². The Morgan fingerprint density at radius 2 is 1.96 bits per heavy atom. The third-order valence-corrected chi connectivity index (χ3v) is 5.71. The van der Waals surface area contributed by atoms with Crippen molar-refractivity contribution in [3.63, 3.8) is 0 Å². The molecule has 1 aliphatic heterocycles. The summed E-state index contributed by atoms with van der Waals surface area (Å²) < 4.78 is 5.87. The Bertz CT molecular complexity index is 684. The summed E-state index contributed by atoms with van der Waals surface area (Å²) in [5, 5.41) is 3.16. The Kier molecular flexibility index (Phi) is 5.56. The molecule has 3 rings (SSSR count). The average molecular weight is 360 g/mol. The maximum absolute atomic E-state index is 12.6. The van der Waals surface area contributed by atoms with Crippen LogP contribution in [0.1, 0.15) is 73.9 Å². The van der Waals surface area contributed by atoms with Crippen LogP contribution < -0.4 is 5.32 Å². The van der Waals surface area contributed by atoms with E-state index in [0.717, 1.165) is 43.8 Å². The van der Waals surface area contributed by atoms with Gasteiger partial charge in [0.25, 0.3) is 0 Å². The molecular weight excluding hydrogens is 328 g/mol. The summed E-state index contributed by atoms with van der Waals surface area (Å²) in [6.07, 6.45) is 4.92. The summed E-state index contributed by atoms with van der Waals surface area (Å²) in [5.41, 5.74) is 1.38. The SMILES string of the molecule is CCC(CN1CCCC1)NC(=O)Cc1c(C)oc2c1C(=O)CC(C)(C)C2. The number of carbonyl (C=O) groups excluding carboxylic acids is 2. The van der Waals surface area contributed by atoms with E-state index in [2.05, 4.69) is 31.0 Å². The van der Waals surface area contributed by atoms with Crippen LogP contribution >= 0.6 is 0 Å². The minimum Gasteiger partial charge on any atom is -0.465 e. The van der Waals surface area contributed by atoms with Crippen LogP contribution in [0.15, 0.2) is 4.42 Å². The second kappa shape index (κ2) is 7.55. The first-order chi connectivity index (χ1) is 12.3. The lowest BCUT2D eigenvalue weighted by molar-refractivity contribution is -0.121. The summed E-state index contributed by atoms with van der Waals surface area (Å²) >= 11 is 0. The van der Waals surface area contributed by atoms with Gasteiger partial charge in [-0.25, -0.2) is 0 Å². The maximum Gasteiger partial charge on any atom is 0.224 e. The Morgan fingerprint density at radius 3 is 2.62 bits per heavy atom. The molecule has 1 atom stereocenters. The van der Waals surface area contributed by atoms with E-state index in [9.17, 15) is 9.59 Å². The molecule has 26 heavy (non-hydrogen) atoms. The first-order valence-electron chi connectivity index (χ1n) is 9.95. The highest BCUT2D eigenvalue weighted by Gasteiger charge is 2.36. The number of ketones is 1. The number of nitrogens with one attached hydrogen (secondary N) is 1. The number of rotatable bonds is 6. The third-order valence-electron chi connectivity index (χ3n) is 5.71. The standard InChI is InChI=1S/C21H32N2O3/c1-5-15(13-23-8-6-7-9-23)22-19(25)10-16-14(2)26-18-12-21(3,4)11-17(24)20(16)18/h15H,5-13H2,1-4H3,(H,22,25). The van der Waals surface area contributed by atoms with E-state index in [0.29, 0.717) is 17.7 Å². The van der Waals surface area contributed by atoms with Crippen molar-refractivity contribution in [2.45, 2.75) is 72.3 Å². The van der Waals surface area contributed by atoms with Crippen molar-refractivity contribution < 1.29 is 14.0 Å². The van der Waals surface area contributed by atoms with E-state index in [1.807, 2.05) is 6.92 Å². The molecule has 1 aliphatic carbocycles. The van der Waals surface area contributed by atoms with Crippen molar-refractivity contribution in [3.05, 3.63) is 22.6 Å². The Balaban J connectivity index is 1.68. The lowest BCUT2D eigenvalue weighted by Crippen LogP contribution is -2.43. The second-order valence-electron chi connectivity index (χ2n) is 8.73. The molecule has 0 aromatic carbocycles. The maximum atomic E-state index is 12.6. The molecule has 1 aromatic heterocycles. The van der Waals surface area contributed by atoms with E-state index in [4.69, 9.17) is 4.42 Å². The number of likely N-dealkylation sites (tertiary alicyclic amines) is 1. The quantitative estimate of drug-likeness (QED) is 0.846. The van der Waals surface area contributed by atoms with Gasteiger partial charge in [0.1, 0.15) is 11.5 Å². The molecule has 2 heterocycles. The number of amides is 1. The highest BCUT2D eigenvalue weighted by molar-refractivity contribution is 6.01. The average Bonchev–Trinajstić information content (AvgIpc) is 3.14. The predicted octanol–water partition coefficient (Wildman–Crippen LogP) is 3.28. The van der Waals surface area contributed by atoms with Gasteiger partial charge in [0.15, 0.2) is 5.78 Å². The molecule has 1 aromatic rings. The number of furan rings is 1. The minimum atomic E-state index is -0.0725. The van der Waals surface area contributed by atoms with Gasteiger partial charge >= 0.3 is 0 Å². The normalized spacial score (nSPS) is 20.8. The number of carbonyl (C=O) groups is 2. The van der Waals surface area contributed by atoms with Gasteiger partial charge in [-0.3, -0.25) is 9.59 Å². The van der Waals surface area contributed by atoms with Crippen molar-refractivity contribution in [1.82, 2.24) is 10.2 Å². The van der Waals surface area contributed by atoms with Gasteiger partial charge in [0.05, 0.1) is 12.0 Å². The number of aryl methyl sites for hydroxylation is 1. The van der Waals surface area contributed by atoms with Crippen molar-refractivity contribution in [2.75, 3.05) is 19.6 Å². The predicted molar refractivity (Wildman–Crippen MR) is 101 cm³/mol. The summed E-state index contributed by atoms with van der Waals surface area (Å²) in [4.78, 5) is 27.7. The first-order valence-corrected chi connectivity index (χ1v) is 9.95. The summed E-state index contributed by atoms with van der Waals surface area (Å²) in [6, 6.07) is 0.165. The number of nitrogens with zero attached hydrogens (tertiary/aromatic N) is 1. The molecule has 1 amide bonds. The Morgan fingerprint density at radius 1 is 1.27 bits per heavy atom. The minimum absolute atomic E-state index is 0.0135. The molecule has 1 saturated heterocycles. The zero-order valence-electron chi connectivity index (χ0n) is 16.6. The molecule has 5 heteroatoms. The molecule has 1 fully saturated rings. The summed E-state index contributed by atoms with van der Waals surface area (Å²) in [7, 11) is 0. The molecule has 0 saturated carbocycles. The number of hydrogen-bond acceptors (Lipinski definition) is 4. The van der Waals surface area contributed by atoms with Crippen LogP contribution in [-0.2, 0) is 17.6 Å². The fourth-order valence-corrected chi connectivity index (χ4v) is 4.32. The van der Waals surface area contributed by atoms with Gasteiger partial charge in [-0.15, -0.1) is 0 Å². The lowest BCUT2D eigenvalue weighted by Gasteiger charge is -2.27. The molecule has 0 radical (unpaired) electrons. The Labute approximate surface area is 156 Å². The van der Waals surface area contributed by atoms with Gasteiger partial charge in [-0.1, -0.05) is 20.8 Å². The van der Waals surface area contributed by atoms with Crippen LogP contribution in [0.25, 0.3) is 0 Å². The monoisotopic (exact) mass is 360 g/mol. The molecular formula is C21H32N2O3. The van der Waals surface area contributed by atoms with E-state index >= 15 is 0 Å².